The van der Waals surface area contributed by atoms with Gasteiger partial charge in [-0.1, -0.05) is 6.07 Å². The average Bonchev–Trinajstić information content (AvgIpc) is 2.24. The van der Waals surface area contributed by atoms with E-state index < -0.39 is 5.60 Å². The highest BCUT2D eigenvalue weighted by Crippen LogP contribution is 2.20. The van der Waals surface area contributed by atoms with Gasteiger partial charge in [0, 0.05) is 11.4 Å². The molecule has 1 aromatic rings. The van der Waals surface area contributed by atoms with Crippen molar-refractivity contribution in [3.8, 4) is 0 Å². The van der Waals surface area contributed by atoms with Crippen molar-refractivity contribution in [1.29, 1.82) is 0 Å². The number of carbonyl (C=O) groups excluding carboxylic acids is 1. The summed E-state index contributed by atoms with van der Waals surface area (Å²) in [6, 6.07) is 7.05. The smallest absolute Gasteiger partial charge is 0.256 e. The van der Waals surface area contributed by atoms with Gasteiger partial charge in [-0.15, -0.1) is 0 Å². The molecule has 0 aliphatic carbocycles. The van der Waals surface area contributed by atoms with E-state index in [0.29, 0.717) is 24.6 Å². The summed E-state index contributed by atoms with van der Waals surface area (Å²) >= 11 is 0. The molecule has 98 valence electrons. The first kappa shape index (κ1) is 12.9. The number of hydrogen-bond acceptors (Lipinski definition) is 4. The Morgan fingerprint density at radius 2 is 2.22 bits per heavy atom. The van der Waals surface area contributed by atoms with Crippen LogP contribution in [-0.2, 0) is 14.3 Å². The quantitative estimate of drug-likeness (QED) is 0.792. The fourth-order valence-electron chi connectivity index (χ4n) is 1.65. The molecule has 1 saturated heterocycles. The van der Waals surface area contributed by atoms with Gasteiger partial charge < -0.3 is 20.5 Å². The lowest BCUT2D eigenvalue weighted by molar-refractivity contribution is -0.186. The first-order valence-electron chi connectivity index (χ1n) is 5.90. The van der Waals surface area contributed by atoms with E-state index in [4.69, 9.17) is 15.2 Å². The molecular formula is C13H18N2O3. The molecule has 5 heteroatoms. The maximum atomic E-state index is 12.1. The predicted octanol–water partition coefficient (Wildman–Crippen LogP) is 1.40. The van der Waals surface area contributed by atoms with Gasteiger partial charge in [0.15, 0.2) is 0 Å². The monoisotopic (exact) mass is 250 g/mol. The largest absolute Gasteiger partial charge is 0.399 e. The summed E-state index contributed by atoms with van der Waals surface area (Å²) in [6.07, 6.45) is 0.00610. The van der Waals surface area contributed by atoms with Gasteiger partial charge >= 0.3 is 0 Å². The normalized spacial score (nSPS) is 16.1. The molecule has 1 aliphatic rings. The molecule has 1 amide bonds. The van der Waals surface area contributed by atoms with Crippen LogP contribution in [0.25, 0.3) is 0 Å². The van der Waals surface area contributed by atoms with E-state index in [9.17, 15) is 4.79 Å². The summed E-state index contributed by atoms with van der Waals surface area (Å²) in [5.74, 6) is -0.194. The van der Waals surface area contributed by atoms with E-state index in [1.165, 1.54) is 0 Å². The SMILES string of the molecule is CC(C)(OC1COC1)C(=O)Nc1cccc(N)c1. The van der Waals surface area contributed by atoms with Crippen LogP contribution in [0.3, 0.4) is 0 Å². The van der Waals surface area contributed by atoms with Crippen LogP contribution in [0.5, 0.6) is 0 Å². The summed E-state index contributed by atoms with van der Waals surface area (Å²) in [7, 11) is 0. The molecule has 2 rings (SSSR count). The van der Waals surface area contributed by atoms with E-state index in [1.807, 2.05) is 0 Å². The molecule has 0 saturated carbocycles. The first-order valence-corrected chi connectivity index (χ1v) is 5.90. The third kappa shape index (κ3) is 3.00. The molecule has 0 atom stereocenters. The molecule has 0 spiro atoms. The van der Waals surface area contributed by atoms with Crippen LogP contribution < -0.4 is 11.1 Å². The Morgan fingerprint density at radius 1 is 1.50 bits per heavy atom. The Kier molecular flexibility index (Phi) is 3.54. The minimum absolute atomic E-state index is 0.00610. The summed E-state index contributed by atoms with van der Waals surface area (Å²) in [5.41, 5.74) is 6.04. The minimum atomic E-state index is -0.890. The van der Waals surface area contributed by atoms with Crippen LogP contribution in [0.4, 0.5) is 11.4 Å². The third-order valence-electron chi connectivity index (χ3n) is 2.76. The van der Waals surface area contributed by atoms with Crippen molar-refractivity contribution in [2.24, 2.45) is 0 Å². The predicted molar refractivity (Wildman–Crippen MR) is 69.3 cm³/mol. The van der Waals surface area contributed by atoms with Crippen molar-refractivity contribution in [3.63, 3.8) is 0 Å². The summed E-state index contributed by atoms with van der Waals surface area (Å²) in [6.45, 7) is 4.59. The van der Waals surface area contributed by atoms with E-state index in [-0.39, 0.29) is 12.0 Å². The lowest BCUT2D eigenvalue weighted by atomic mass is 10.1. The number of carbonyl (C=O) groups is 1. The fourth-order valence-corrected chi connectivity index (χ4v) is 1.65. The molecule has 1 aliphatic heterocycles. The van der Waals surface area contributed by atoms with E-state index >= 15 is 0 Å². The molecular weight excluding hydrogens is 232 g/mol. The fraction of sp³-hybridized carbons (Fsp3) is 0.462. The Labute approximate surface area is 106 Å². The molecule has 0 unspecified atom stereocenters. The van der Waals surface area contributed by atoms with Gasteiger partial charge in [0.2, 0.25) is 0 Å². The number of rotatable bonds is 4. The van der Waals surface area contributed by atoms with E-state index in [2.05, 4.69) is 5.32 Å². The number of amides is 1. The summed E-state index contributed by atoms with van der Waals surface area (Å²) in [5, 5.41) is 2.79. The molecule has 1 heterocycles. The third-order valence-corrected chi connectivity index (χ3v) is 2.76. The second-order valence-corrected chi connectivity index (χ2v) is 4.87. The number of nitrogens with two attached hydrogens (primary N) is 1. The second-order valence-electron chi connectivity index (χ2n) is 4.87. The molecule has 18 heavy (non-hydrogen) atoms. The van der Waals surface area contributed by atoms with Gasteiger partial charge in [0.25, 0.3) is 5.91 Å². The van der Waals surface area contributed by atoms with E-state index in [0.717, 1.165) is 0 Å². The maximum absolute atomic E-state index is 12.1. The minimum Gasteiger partial charge on any atom is -0.399 e. The first-order chi connectivity index (χ1) is 8.47. The molecule has 1 fully saturated rings. The van der Waals surface area contributed by atoms with Gasteiger partial charge in [0.1, 0.15) is 11.7 Å². The summed E-state index contributed by atoms with van der Waals surface area (Å²) < 4.78 is 10.7. The van der Waals surface area contributed by atoms with Crippen molar-refractivity contribution >= 4 is 17.3 Å². The van der Waals surface area contributed by atoms with Gasteiger partial charge in [-0.25, -0.2) is 0 Å². The molecule has 0 aromatic heterocycles. The number of anilines is 2. The van der Waals surface area contributed by atoms with Crippen LogP contribution in [-0.4, -0.2) is 30.8 Å². The highest BCUT2D eigenvalue weighted by Gasteiger charge is 2.34. The zero-order valence-electron chi connectivity index (χ0n) is 10.6. The zero-order valence-corrected chi connectivity index (χ0v) is 10.6. The second kappa shape index (κ2) is 4.96. The molecule has 3 N–H and O–H groups in total. The topological polar surface area (TPSA) is 73.6 Å². The van der Waals surface area contributed by atoms with Gasteiger partial charge in [-0.2, -0.15) is 0 Å². The van der Waals surface area contributed by atoms with Crippen molar-refractivity contribution in [3.05, 3.63) is 24.3 Å². The molecule has 5 nitrogen and oxygen atoms in total. The standard InChI is InChI=1S/C13H18N2O3/c1-13(2,18-11-7-17-8-11)12(16)15-10-5-3-4-9(14)6-10/h3-6,11H,7-8,14H2,1-2H3,(H,15,16). The number of ether oxygens (including phenoxy) is 2. The van der Waals surface area contributed by atoms with Crippen molar-refractivity contribution in [2.45, 2.75) is 25.6 Å². The maximum Gasteiger partial charge on any atom is 0.256 e. The number of hydrogen-bond donors (Lipinski definition) is 2. The van der Waals surface area contributed by atoms with Crippen LogP contribution in [0.1, 0.15) is 13.8 Å². The van der Waals surface area contributed by atoms with Gasteiger partial charge in [-0.3, -0.25) is 4.79 Å². The van der Waals surface area contributed by atoms with Crippen LogP contribution in [0, 0.1) is 0 Å². The summed E-state index contributed by atoms with van der Waals surface area (Å²) in [4.78, 5) is 12.1. The highest BCUT2D eigenvalue weighted by molar-refractivity contribution is 5.97. The van der Waals surface area contributed by atoms with Crippen LogP contribution >= 0.6 is 0 Å². The van der Waals surface area contributed by atoms with Crippen molar-refractivity contribution < 1.29 is 14.3 Å². The van der Waals surface area contributed by atoms with Crippen LogP contribution in [0.2, 0.25) is 0 Å². The Balaban J connectivity index is 1.97. The number of nitrogens with one attached hydrogen (secondary N) is 1. The lowest BCUT2D eigenvalue weighted by Gasteiger charge is -2.34. The van der Waals surface area contributed by atoms with Crippen molar-refractivity contribution in [1.82, 2.24) is 0 Å². The van der Waals surface area contributed by atoms with Crippen molar-refractivity contribution in [2.75, 3.05) is 24.3 Å². The number of nitrogen functional groups attached to an aromatic ring is 1. The molecule has 1 aromatic carbocycles. The van der Waals surface area contributed by atoms with Gasteiger partial charge in [-0.05, 0) is 32.0 Å². The molecule has 0 radical (unpaired) electrons. The van der Waals surface area contributed by atoms with Gasteiger partial charge in [0.05, 0.1) is 13.2 Å². The zero-order chi connectivity index (χ0) is 13.2. The Hall–Kier alpha value is -1.59. The highest BCUT2D eigenvalue weighted by atomic mass is 16.6. The average molecular weight is 250 g/mol. The number of benzene rings is 1. The Bertz CT molecular complexity index is 442. The Morgan fingerprint density at radius 3 is 2.78 bits per heavy atom. The van der Waals surface area contributed by atoms with Crippen LogP contribution in [0.15, 0.2) is 24.3 Å². The molecule has 0 bridgehead atoms. The lowest BCUT2D eigenvalue weighted by Crippen LogP contribution is -2.48. The van der Waals surface area contributed by atoms with E-state index in [1.54, 1.807) is 38.1 Å².